The van der Waals surface area contributed by atoms with E-state index < -0.39 is 16.1 Å². The van der Waals surface area contributed by atoms with Crippen LogP contribution in [0.15, 0.2) is 59.5 Å². The molecule has 3 unspecified atom stereocenters. The van der Waals surface area contributed by atoms with Gasteiger partial charge in [0.15, 0.2) is 0 Å². The van der Waals surface area contributed by atoms with Crippen molar-refractivity contribution in [3.63, 3.8) is 0 Å². The van der Waals surface area contributed by atoms with Gasteiger partial charge in [-0.1, -0.05) is 49.2 Å². The van der Waals surface area contributed by atoms with Crippen LogP contribution in [0, 0.1) is 5.92 Å². The molecular formula is C23H26N2O3S. The van der Waals surface area contributed by atoms with Gasteiger partial charge in [0.1, 0.15) is 6.04 Å². The number of nitrogens with zero attached hydrogens (tertiary/aromatic N) is 2. The lowest BCUT2D eigenvalue weighted by Crippen LogP contribution is -2.50. The van der Waals surface area contributed by atoms with Crippen molar-refractivity contribution >= 4 is 21.6 Å². The van der Waals surface area contributed by atoms with Crippen molar-refractivity contribution in [1.82, 2.24) is 4.31 Å². The molecule has 2 fully saturated rings. The molecule has 2 aromatic carbocycles. The average molecular weight is 411 g/mol. The first kappa shape index (κ1) is 18.8. The van der Waals surface area contributed by atoms with E-state index in [-0.39, 0.29) is 22.8 Å². The highest BCUT2D eigenvalue weighted by molar-refractivity contribution is 7.89. The Bertz CT molecular complexity index is 1020. The number of amides is 1. The summed E-state index contributed by atoms with van der Waals surface area (Å²) in [5.41, 5.74) is 2.10. The molecule has 3 aliphatic rings. The van der Waals surface area contributed by atoms with Gasteiger partial charge in [0.25, 0.3) is 0 Å². The number of fused-ring (bicyclic) bond motifs is 2. The third-order valence-electron chi connectivity index (χ3n) is 6.79. The van der Waals surface area contributed by atoms with Gasteiger partial charge in [-0.05, 0) is 55.4 Å². The SMILES string of the molecule is O=C(C1CC2CCCCC2N1S(=O)(=O)c1ccccc1)N1CCc2ccccc21. The number of rotatable bonds is 3. The van der Waals surface area contributed by atoms with Gasteiger partial charge < -0.3 is 4.90 Å². The minimum Gasteiger partial charge on any atom is -0.310 e. The smallest absolute Gasteiger partial charge is 0.245 e. The number of hydrogen-bond donors (Lipinski definition) is 0. The Morgan fingerprint density at radius 2 is 1.66 bits per heavy atom. The van der Waals surface area contributed by atoms with E-state index in [4.69, 9.17) is 0 Å². The molecule has 29 heavy (non-hydrogen) atoms. The summed E-state index contributed by atoms with van der Waals surface area (Å²) >= 11 is 0. The van der Waals surface area contributed by atoms with Crippen LogP contribution in [0.3, 0.4) is 0 Å². The molecular weight excluding hydrogens is 384 g/mol. The van der Waals surface area contributed by atoms with Crippen LogP contribution >= 0.6 is 0 Å². The molecule has 0 N–H and O–H groups in total. The maximum Gasteiger partial charge on any atom is 0.245 e. The molecule has 0 aromatic heterocycles. The number of anilines is 1. The van der Waals surface area contributed by atoms with E-state index in [0.717, 1.165) is 43.4 Å². The van der Waals surface area contributed by atoms with E-state index in [1.807, 2.05) is 29.2 Å². The van der Waals surface area contributed by atoms with Crippen LogP contribution in [-0.4, -0.2) is 37.3 Å². The highest BCUT2D eigenvalue weighted by Crippen LogP contribution is 2.44. The Morgan fingerprint density at radius 3 is 2.48 bits per heavy atom. The van der Waals surface area contributed by atoms with Crippen molar-refractivity contribution in [1.29, 1.82) is 0 Å². The summed E-state index contributed by atoms with van der Waals surface area (Å²) in [5, 5.41) is 0. The summed E-state index contributed by atoms with van der Waals surface area (Å²) in [6, 6.07) is 15.9. The Kier molecular flexibility index (Phi) is 4.71. The van der Waals surface area contributed by atoms with Crippen molar-refractivity contribution in [2.75, 3.05) is 11.4 Å². The Morgan fingerprint density at radius 1 is 0.931 bits per heavy atom. The van der Waals surface area contributed by atoms with Gasteiger partial charge >= 0.3 is 0 Å². The number of benzene rings is 2. The van der Waals surface area contributed by atoms with E-state index in [9.17, 15) is 13.2 Å². The number of carbonyl (C=O) groups excluding carboxylic acids is 1. The zero-order valence-electron chi connectivity index (χ0n) is 16.4. The molecule has 5 nitrogen and oxygen atoms in total. The van der Waals surface area contributed by atoms with Gasteiger partial charge in [0.2, 0.25) is 15.9 Å². The molecule has 6 heteroatoms. The van der Waals surface area contributed by atoms with E-state index >= 15 is 0 Å². The van der Waals surface area contributed by atoms with E-state index in [1.54, 1.807) is 28.6 Å². The molecule has 2 heterocycles. The zero-order valence-corrected chi connectivity index (χ0v) is 17.2. The first-order chi connectivity index (χ1) is 14.1. The van der Waals surface area contributed by atoms with Gasteiger partial charge in [0, 0.05) is 18.3 Å². The molecule has 1 saturated heterocycles. The first-order valence-corrected chi connectivity index (χ1v) is 12.0. The lowest BCUT2D eigenvalue weighted by Gasteiger charge is -2.33. The fraction of sp³-hybridized carbons (Fsp3) is 0.435. The summed E-state index contributed by atoms with van der Waals surface area (Å²) in [7, 11) is -3.72. The zero-order chi connectivity index (χ0) is 20.0. The third-order valence-corrected chi connectivity index (χ3v) is 8.73. The van der Waals surface area contributed by atoms with Crippen LogP contribution in [0.2, 0.25) is 0 Å². The Labute approximate surface area is 172 Å². The van der Waals surface area contributed by atoms with Crippen LogP contribution in [0.1, 0.15) is 37.7 Å². The van der Waals surface area contributed by atoms with Gasteiger partial charge in [-0.25, -0.2) is 8.42 Å². The van der Waals surface area contributed by atoms with Gasteiger partial charge in [-0.2, -0.15) is 4.31 Å². The topological polar surface area (TPSA) is 57.7 Å². The summed E-state index contributed by atoms with van der Waals surface area (Å²) in [5.74, 6) is 0.206. The molecule has 2 aliphatic heterocycles. The maximum absolute atomic E-state index is 13.7. The largest absolute Gasteiger partial charge is 0.310 e. The van der Waals surface area contributed by atoms with Crippen LogP contribution in [0.25, 0.3) is 0 Å². The Hall–Kier alpha value is -2.18. The summed E-state index contributed by atoms with van der Waals surface area (Å²) < 4.78 is 28.8. The normalized spacial score (nSPS) is 26.9. The van der Waals surface area contributed by atoms with E-state index in [2.05, 4.69) is 6.07 Å². The number of hydrogen-bond acceptors (Lipinski definition) is 3. The second-order valence-corrected chi connectivity index (χ2v) is 10.2. The summed E-state index contributed by atoms with van der Waals surface area (Å²) in [6.45, 7) is 0.628. The fourth-order valence-corrected chi connectivity index (χ4v) is 7.33. The number of carbonyl (C=O) groups is 1. The number of para-hydroxylation sites is 1. The highest BCUT2D eigenvalue weighted by atomic mass is 32.2. The minimum absolute atomic E-state index is 0.0659. The highest BCUT2D eigenvalue weighted by Gasteiger charge is 2.52. The van der Waals surface area contributed by atoms with Crippen molar-refractivity contribution < 1.29 is 13.2 Å². The second-order valence-electron chi connectivity index (χ2n) is 8.38. The monoisotopic (exact) mass is 410 g/mol. The van der Waals surface area contributed by atoms with E-state index in [0.29, 0.717) is 13.0 Å². The molecule has 3 atom stereocenters. The van der Waals surface area contributed by atoms with Gasteiger partial charge in [0.05, 0.1) is 4.90 Å². The second kappa shape index (κ2) is 7.26. The first-order valence-electron chi connectivity index (χ1n) is 10.6. The standard InChI is InChI=1S/C23H26N2O3S/c26-23(24-15-14-17-8-4-6-12-20(17)24)22-16-18-9-5-7-13-21(18)25(22)29(27,28)19-10-2-1-3-11-19/h1-4,6,8,10-12,18,21-22H,5,7,9,13-16H2. The molecule has 0 bridgehead atoms. The van der Waals surface area contributed by atoms with Crippen molar-refractivity contribution in [2.45, 2.75) is 55.5 Å². The van der Waals surface area contributed by atoms with E-state index in [1.165, 1.54) is 0 Å². The van der Waals surface area contributed by atoms with Crippen LogP contribution in [0.5, 0.6) is 0 Å². The van der Waals surface area contributed by atoms with Crippen molar-refractivity contribution in [2.24, 2.45) is 5.92 Å². The van der Waals surface area contributed by atoms with Gasteiger partial charge in [-0.15, -0.1) is 0 Å². The molecule has 1 amide bonds. The van der Waals surface area contributed by atoms with Crippen molar-refractivity contribution in [3.05, 3.63) is 60.2 Å². The predicted molar refractivity (Wildman–Crippen MR) is 112 cm³/mol. The van der Waals surface area contributed by atoms with Gasteiger partial charge in [-0.3, -0.25) is 4.79 Å². The average Bonchev–Trinajstić information content (AvgIpc) is 3.36. The minimum atomic E-state index is -3.72. The fourth-order valence-electron chi connectivity index (χ4n) is 5.44. The summed E-state index contributed by atoms with van der Waals surface area (Å²) in [6.07, 6.45) is 5.45. The molecule has 152 valence electrons. The maximum atomic E-state index is 13.7. The predicted octanol–water partition coefficient (Wildman–Crippen LogP) is 3.60. The Balaban J connectivity index is 1.53. The number of sulfonamides is 1. The molecule has 5 rings (SSSR count). The van der Waals surface area contributed by atoms with Crippen molar-refractivity contribution in [3.8, 4) is 0 Å². The third kappa shape index (κ3) is 3.09. The van der Waals surface area contributed by atoms with Crippen LogP contribution in [0.4, 0.5) is 5.69 Å². The quantitative estimate of drug-likeness (QED) is 0.777. The van der Waals surface area contributed by atoms with Crippen LogP contribution in [-0.2, 0) is 21.2 Å². The lowest BCUT2D eigenvalue weighted by molar-refractivity contribution is -0.121. The molecule has 1 aliphatic carbocycles. The van der Waals surface area contributed by atoms with Crippen LogP contribution < -0.4 is 4.90 Å². The summed E-state index contributed by atoms with van der Waals surface area (Å²) in [4.78, 5) is 15.8. The molecule has 0 radical (unpaired) electrons. The lowest BCUT2D eigenvalue weighted by atomic mass is 9.85. The molecule has 0 spiro atoms. The molecule has 1 saturated carbocycles. The molecule has 2 aromatic rings.